The van der Waals surface area contributed by atoms with E-state index in [-0.39, 0.29) is 0 Å². The van der Waals surface area contributed by atoms with Crippen LogP contribution in [0.3, 0.4) is 0 Å². The normalized spacial score (nSPS) is 10.3. The molecule has 1 aromatic heterocycles. The molecule has 0 fully saturated rings. The largest absolute Gasteiger partial charge is 0.497 e. The Morgan fingerprint density at radius 3 is 2.80 bits per heavy atom. The molecule has 0 saturated carbocycles. The van der Waals surface area contributed by atoms with Crippen LogP contribution in [0, 0.1) is 13.8 Å². The van der Waals surface area contributed by atoms with Crippen LogP contribution < -0.4 is 15.8 Å². The zero-order chi connectivity index (χ0) is 14.5. The lowest BCUT2D eigenvalue weighted by Gasteiger charge is -2.11. The minimum absolute atomic E-state index is 0.529. The van der Waals surface area contributed by atoms with Gasteiger partial charge in [-0.1, -0.05) is 12.1 Å². The van der Waals surface area contributed by atoms with E-state index in [9.17, 15) is 0 Å². The van der Waals surface area contributed by atoms with Crippen LogP contribution in [-0.4, -0.2) is 23.6 Å². The molecule has 2 rings (SSSR count). The van der Waals surface area contributed by atoms with Crippen molar-refractivity contribution in [2.45, 2.75) is 20.3 Å². The quantitative estimate of drug-likeness (QED) is 0.874. The fourth-order valence-corrected chi connectivity index (χ4v) is 1.98. The number of aryl methyl sites for hydroxylation is 1. The number of nitrogens with two attached hydrogens (primary N) is 1. The second-order valence-corrected chi connectivity index (χ2v) is 4.66. The second kappa shape index (κ2) is 6.23. The Kier molecular flexibility index (Phi) is 4.40. The van der Waals surface area contributed by atoms with Gasteiger partial charge in [0.1, 0.15) is 23.2 Å². The summed E-state index contributed by atoms with van der Waals surface area (Å²) in [4.78, 5) is 8.50. The van der Waals surface area contributed by atoms with E-state index in [1.807, 2.05) is 32.0 Å². The average molecular weight is 272 g/mol. The fraction of sp³-hybridized carbons (Fsp3) is 0.333. The maximum absolute atomic E-state index is 5.83. The number of aromatic nitrogens is 2. The molecule has 0 saturated heterocycles. The lowest BCUT2D eigenvalue weighted by atomic mass is 10.1. The fourth-order valence-electron chi connectivity index (χ4n) is 1.98. The molecule has 0 aliphatic carbocycles. The smallest absolute Gasteiger partial charge is 0.134 e. The van der Waals surface area contributed by atoms with Gasteiger partial charge in [0.2, 0.25) is 0 Å². The number of ether oxygens (including phenoxy) is 1. The average Bonchev–Trinajstić information content (AvgIpc) is 2.44. The summed E-state index contributed by atoms with van der Waals surface area (Å²) in [7, 11) is 1.67. The van der Waals surface area contributed by atoms with E-state index in [0.29, 0.717) is 11.6 Å². The first-order valence-electron chi connectivity index (χ1n) is 6.57. The van der Waals surface area contributed by atoms with Crippen molar-refractivity contribution in [2.24, 2.45) is 0 Å². The van der Waals surface area contributed by atoms with Gasteiger partial charge in [0, 0.05) is 12.1 Å². The van der Waals surface area contributed by atoms with Crippen LogP contribution in [0.1, 0.15) is 17.0 Å². The van der Waals surface area contributed by atoms with Crippen molar-refractivity contribution in [3.05, 3.63) is 41.2 Å². The van der Waals surface area contributed by atoms with Gasteiger partial charge in [-0.15, -0.1) is 0 Å². The predicted molar refractivity (Wildman–Crippen MR) is 81.1 cm³/mol. The number of nitrogens with zero attached hydrogens (tertiary/aromatic N) is 2. The first kappa shape index (κ1) is 14.1. The third-order valence-corrected chi connectivity index (χ3v) is 3.14. The Morgan fingerprint density at radius 2 is 2.05 bits per heavy atom. The van der Waals surface area contributed by atoms with Crippen molar-refractivity contribution in [2.75, 3.05) is 24.7 Å². The van der Waals surface area contributed by atoms with Gasteiger partial charge in [0.25, 0.3) is 0 Å². The topological polar surface area (TPSA) is 73.1 Å². The lowest BCUT2D eigenvalue weighted by molar-refractivity contribution is 0.414. The molecule has 20 heavy (non-hydrogen) atoms. The van der Waals surface area contributed by atoms with Crippen molar-refractivity contribution in [1.82, 2.24) is 9.97 Å². The van der Waals surface area contributed by atoms with Crippen LogP contribution in [0.4, 0.5) is 11.6 Å². The first-order chi connectivity index (χ1) is 9.60. The molecule has 5 nitrogen and oxygen atoms in total. The van der Waals surface area contributed by atoms with Gasteiger partial charge < -0.3 is 15.8 Å². The van der Waals surface area contributed by atoms with Gasteiger partial charge in [0.15, 0.2) is 0 Å². The Hall–Kier alpha value is -2.30. The van der Waals surface area contributed by atoms with Crippen LogP contribution >= 0.6 is 0 Å². The van der Waals surface area contributed by atoms with E-state index in [2.05, 4.69) is 21.4 Å². The van der Waals surface area contributed by atoms with Crippen molar-refractivity contribution < 1.29 is 4.74 Å². The Morgan fingerprint density at radius 1 is 1.25 bits per heavy atom. The molecule has 3 N–H and O–H groups in total. The zero-order valence-corrected chi connectivity index (χ0v) is 12.1. The third kappa shape index (κ3) is 3.38. The second-order valence-electron chi connectivity index (χ2n) is 4.66. The lowest BCUT2D eigenvalue weighted by Crippen LogP contribution is -2.11. The molecule has 1 heterocycles. The Bertz CT molecular complexity index is 598. The number of hydrogen-bond donors (Lipinski definition) is 2. The molecule has 0 aliphatic heterocycles. The maximum atomic E-state index is 5.83. The van der Waals surface area contributed by atoms with Gasteiger partial charge in [-0.3, -0.25) is 0 Å². The molecule has 0 atom stereocenters. The van der Waals surface area contributed by atoms with Crippen molar-refractivity contribution >= 4 is 11.6 Å². The standard InChI is InChI=1S/C15H20N4O/c1-10-14(16)18-11(2)19-15(10)17-8-7-12-5-4-6-13(9-12)20-3/h4-6,9H,7-8H2,1-3H3,(H3,16,17,18,19). The summed E-state index contributed by atoms with van der Waals surface area (Å²) in [5.41, 5.74) is 7.94. The molecule has 5 heteroatoms. The highest BCUT2D eigenvalue weighted by molar-refractivity contribution is 5.54. The molecule has 0 bridgehead atoms. The van der Waals surface area contributed by atoms with Gasteiger partial charge in [0.05, 0.1) is 7.11 Å². The summed E-state index contributed by atoms with van der Waals surface area (Å²) >= 11 is 0. The summed E-state index contributed by atoms with van der Waals surface area (Å²) in [5.74, 6) is 2.89. The minimum Gasteiger partial charge on any atom is -0.497 e. The van der Waals surface area contributed by atoms with E-state index >= 15 is 0 Å². The van der Waals surface area contributed by atoms with Crippen molar-refractivity contribution in [1.29, 1.82) is 0 Å². The van der Waals surface area contributed by atoms with Crippen LogP contribution in [0.5, 0.6) is 5.75 Å². The van der Waals surface area contributed by atoms with Gasteiger partial charge in [-0.05, 0) is 38.0 Å². The van der Waals surface area contributed by atoms with Gasteiger partial charge in [-0.25, -0.2) is 9.97 Å². The Balaban J connectivity index is 1.99. The summed E-state index contributed by atoms with van der Waals surface area (Å²) in [6.07, 6.45) is 0.888. The number of hydrogen-bond acceptors (Lipinski definition) is 5. The van der Waals surface area contributed by atoms with Crippen molar-refractivity contribution in [3.63, 3.8) is 0 Å². The number of anilines is 2. The number of nitrogen functional groups attached to an aromatic ring is 1. The Labute approximate surface area is 119 Å². The van der Waals surface area contributed by atoms with E-state index in [4.69, 9.17) is 10.5 Å². The van der Waals surface area contributed by atoms with E-state index in [1.54, 1.807) is 7.11 Å². The summed E-state index contributed by atoms with van der Waals surface area (Å²) in [6, 6.07) is 8.05. The monoisotopic (exact) mass is 272 g/mol. The van der Waals surface area contributed by atoms with Crippen molar-refractivity contribution in [3.8, 4) is 5.75 Å². The predicted octanol–water partition coefficient (Wildman–Crippen LogP) is 2.34. The van der Waals surface area contributed by atoms with E-state index < -0.39 is 0 Å². The first-order valence-corrected chi connectivity index (χ1v) is 6.57. The molecule has 0 unspecified atom stereocenters. The number of methoxy groups -OCH3 is 1. The van der Waals surface area contributed by atoms with Crippen LogP contribution in [0.15, 0.2) is 24.3 Å². The summed E-state index contributed by atoms with van der Waals surface area (Å²) in [5, 5.41) is 3.31. The van der Waals surface area contributed by atoms with Gasteiger partial charge >= 0.3 is 0 Å². The van der Waals surface area contributed by atoms with Gasteiger partial charge in [-0.2, -0.15) is 0 Å². The molecule has 0 aliphatic rings. The molecule has 0 spiro atoms. The number of nitrogens with one attached hydrogen (secondary N) is 1. The number of benzene rings is 1. The molecule has 2 aromatic rings. The summed E-state index contributed by atoms with van der Waals surface area (Å²) in [6.45, 7) is 4.54. The maximum Gasteiger partial charge on any atom is 0.134 e. The molecular formula is C15H20N4O. The highest BCUT2D eigenvalue weighted by atomic mass is 16.5. The number of rotatable bonds is 5. The minimum atomic E-state index is 0.529. The van der Waals surface area contributed by atoms with E-state index in [1.165, 1.54) is 5.56 Å². The molecular weight excluding hydrogens is 252 g/mol. The van der Waals surface area contributed by atoms with Crippen LogP contribution in [0.2, 0.25) is 0 Å². The molecule has 0 amide bonds. The summed E-state index contributed by atoms with van der Waals surface area (Å²) < 4.78 is 5.21. The third-order valence-electron chi connectivity index (χ3n) is 3.14. The van der Waals surface area contributed by atoms with E-state index in [0.717, 1.165) is 30.1 Å². The van der Waals surface area contributed by atoms with Crippen LogP contribution in [-0.2, 0) is 6.42 Å². The molecule has 1 aromatic carbocycles. The SMILES string of the molecule is COc1cccc(CCNc2nc(C)nc(N)c2C)c1. The highest BCUT2D eigenvalue weighted by Gasteiger charge is 2.06. The zero-order valence-electron chi connectivity index (χ0n) is 12.1. The van der Waals surface area contributed by atoms with Crippen LogP contribution in [0.25, 0.3) is 0 Å². The highest BCUT2D eigenvalue weighted by Crippen LogP contribution is 2.17. The molecule has 106 valence electrons. The molecule has 0 radical (unpaired) electrons.